The Morgan fingerprint density at radius 3 is 2.24 bits per heavy atom. The van der Waals surface area contributed by atoms with Crippen molar-refractivity contribution in [3.63, 3.8) is 0 Å². The molecule has 8 nitrogen and oxygen atoms in total. The molecule has 2 aromatic heterocycles. The summed E-state index contributed by atoms with van der Waals surface area (Å²) in [6.07, 6.45) is 3.48. The van der Waals surface area contributed by atoms with Crippen LogP contribution in [0.2, 0.25) is 0 Å². The van der Waals surface area contributed by atoms with E-state index < -0.39 is 0 Å². The number of hydrogen-bond donors (Lipinski definition) is 0. The minimum atomic E-state index is 0.193. The number of carbonyl (C=O) groups is 1. The Kier molecular flexibility index (Phi) is 4.75. The maximum atomic E-state index is 12.7. The van der Waals surface area contributed by atoms with E-state index in [-0.39, 0.29) is 6.03 Å². The van der Waals surface area contributed by atoms with Crippen LogP contribution in [0, 0.1) is 0 Å². The number of aromatic nitrogens is 4. The molecule has 1 aromatic carbocycles. The number of nitrogens with zero attached hydrogens (tertiary/aromatic N) is 7. The van der Waals surface area contributed by atoms with E-state index in [0.29, 0.717) is 0 Å². The molecule has 2 aliphatic heterocycles. The first-order valence-electron chi connectivity index (χ1n) is 10.4. The maximum absolute atomic E-state index is 12.7. The number of urea groups is 1. The van der Waals surface area contributed by atoms with Gasteiger partial charge in [0.1, 0.15) is 5.82 Å². The predicted molar refractivity (Wildman–Crippen MR) is 111 cm³/mol. The molecule has 0 unspecified atom stereocenters. The van der Waals surface area contributed by atoms with Crippen molar-refractivity contribution in [3.05, 3.63) is 42.5 Å². The second-order valence-corrected chi connectivity index (χ2v) is 7.66. The Morgan fingerprint density at radius 1 is 0.759 bits per heavy atom. The van der Waals surface area contributed by atoms with Crippen molar-refractivity contribution in [2.75, 3.05) is 44.2 Å². The van der Waals surface area contributed by atoms with Gasteiger partial charge in [0.25, 0.3) is 0 Å². The molecule has 150 valence electrons. The van der Waals surface area contributed by atoms with Crippen LogP contribution in [0.1, 0.15) is 19.3 Å². The van der Waals surface area contributed by atoms with E-state index in [2.05, 4.69) is 15.1 Å². The summed E-state index contributed by atoms with van der Waals surface area (Å²) in [5, 5.41) is 13.4. The zero-order chi connectivity index (χ0) is 19.6. The van der Waals surface area contributed by atoms with E-state index in [1.165, 1.54) is 6.42 Å². The van der Waals surface area contributed by atoms with Crippen LogP contribution >= 0.6 is 0 Å². The van der Waals surface area contributed by atoms with Crippen molar-refractivity contribution >= 4 is 17.5 Å². The average Bonchev–Trinajstić information content (AvgIpc) is 3.23. The average molecular weight is 391 g/mol. The molecule has 4 heterocycles. The summed E-state index contributed by atoms with van der Waals surface area (Å²) < 4.78 is 1.80. The van der Waals surface area contributed by atoms with Gasteiger partial charge in [-0.3, -0.25) is 0 Å². The molecular formula is C21H25N7O. The van der Waals surface area contributed by atoms with Gasteiger partial charge in [-0.15, -0.1) is 15.3 Å². The van der Waals surface area contributed by atoms with Gasteiger partial charge < -0.3 is 14.7 Å². The summed E-state index contributed by atoms with van der Waals surface area (Å²) in [5.74, 6) is 1.63. The van der Waals surface area contributed by atoms with Gasteiger partial charge in [0.05, 0.1) is 0 Å². The fraction of sp³-hybridized carbons (Fsp3) is 0.429. The summed E-state index contributed by atoms with van der Waals surface area (Å²) in [4.78, 5) is 19.0. The molecule has 2 saturated heterocycles. The number of likely N-dealkylation sites (tertiary alicyclic amines) is 1. The molecule has 0 N–H and O–H groups in total. The Bertz CT molecular complexity index is 989. The van der Waals surface area contributed by atoms with Crippen molar-refractivity contribution in [3.8, 4) is 11.4 Å². The Morgan fingerprint density at radius 2 is 1.48 bits per heavy atom. The van der Waals surface area contributed by atoms with Crippen molar-refractivity contribution in [2.24, 2.45) is 0 Å². The van der Waals surface area contributed by atoms with Gasteiger partial charge in [0.15, 0.2) is 11.5 Å². The Labute approximate surface area is 169 Å². The summed E-state index contributed by atoms with van der Waals surface area (Å²) in [5.41, 5.74) is 1.72. The molecule has 3 aromatic rings. The number of fused-ring (bicyclic) bond motifs is 1. The number of piperidine rings is 1. The Hall–Kier alpha value is -3.16. The lowest BCUT2D eigenvalue weighted by molar-refractivity contribution is 0.141. The van der Waals surface area contributed by atoms with E-state index in [0.717, 1.165) is 75.0 Å². The highest BCUT2D eigenvalue weighted by molar-refractivity contribution is 5.75. The standard InChI is InChI=1S/C21H25N7O/c29-21(26-11-5-2-6-12-26)27-15-13-25(14-16-27)19-10-9-18-22-23-20(28(18)24-19)17-7-3-1-4-8-17/h1,3-4,7-10H,2,5-6,11-16H2. The van der Waals surface area contributed by atoms with Crippen LogP contribution in [0.15, 0.2) is 42.5 Å². The normalized spacial score (nSPS) is 17.7. The van der Waals surface area contributed by atoms with Gasteiger partial charge in [0.2, 0.25) is 0 Å². The quantitative estimate of drug-likeness (QED) is 0.671. The molecule has 5 rings (SSSR count). The van der Waals surface area contributed by atoms with Crippen LogP contribution in [-0.2, 0) is 0 Å². The van der Waals surface area contributed by atoms with Crippen LogP contribution in [-0.4, -0.2) is 74.9 Å². The molecule has 0 saturated carbocycles. The summed E-state index contributed by atoms with van der Waals surface area (Å²) >= 11 is 0. The van der Waals surface area contributed by atoms with Gasteiger partial charge in [-0.05, 0) is 31.4 Å². The number of rotatable bonds is 2. The highest BCUT2D eigenvalue weighted by atomic mass is 16.2. The minimum Gasteiger partial charge on any atom is -0.352 e. The van der Waals surface area contributed by atoms with E-state index >= 15 is 0 Å². The van der Waals surface area contributed by atoms with Crippen molar-refractivity contribution < 1.29 is 4.79 Å². The predicted octanol–water partition coefficient (Wildman–Crippen LogP) is 2.52. The largest absolute Gasteiger partial charge is 0.352 e. The minimum absolute atomic E-state index is 0.193. The first-order valence-corrected chi connectivity index (χ1v) is 10.4. The molecule has 0 bridgehead atoms. The topological polar surface area (TPSA) is 69.9 Å². The Balaban J connectivity index is 1.31. The molecule has 29 heavy (non-hydrogen) atoms. The van der Waals surface area contributed by atoms with Crippen molar-refractivity contribution in [1.82, 2.24) is 29.6 Å². The van der Waals surface area contributed by atoms with Gasteiger partial charge in [-0.2, -0.15) is 4.52 Å². The van der Waals surface area contributed by atoms with Crippen LogP contribution < -0.4 is 4.90 Å². The highest BCUT2D eigenvalue weighted by Crippen LogP contribution is 2.20. The van der Waals surface area contributed by atoms with Crippen LogP contribution in [0.4, 0.5) is 10.6 Å². The molecule has 8 heteroatoms. The molecule has 2 amide bonds. The number of amides is 2. The first kappa shape index (κ1) is 17.9. The third-order valence-electron chi connectivity index (χ3n) is 5.78. The van der Waals surface area contributed by atoms with Crippen molar-refractivity contribution in [1.29, 1.82) is 0 Å². The monoisotopic (exact) mass is 391 g/mol. The smallest absolute Gasteiger partial charge is 0.320 e. The fourth-order valence-electron chi connectivity index (χ4n) is 4.13. The van der Waals surface area contributed by atoms with Crippen LogP contribution in [0.25, 0.3) is 17.0 Å². The molecule has 2 aliphatic rings. The fourth-order valence-corrected chi connectivity index (χ4v) is 4.13. The molecular weight excluding hydrogens is 366 g/mol. The molecule has 0 radical (unpaired) electrons. The highest BCUT2D eigenvalue weighted by Gasteiger charge is 2.26. The van der Waals surface area contributed by atoms with E-state index in [4.69, 9.17) is 5.10 Å². The van der Waals surface area contributed by atoms with Gasteiger partial charge in [0, 0.05) is 44.8 Å². The van der Waals surface area contributed by atoms with E-state index in [9.17, 15) is 4.79 Å². The number of hydrogen-bond acceptors (Lipinski definition) is 5. The lowest BCUT2D eigenvalue weighted by Crippen LogP contribution is -2.53. The lowest BCUT2D eigenvalue weighted by atomic mass is 10.1. The zero-order valence-corrected chi connectivity index (χ0v) is 16.4. The number of benzene rings is 1. The van der Waals surface area contributed by atoms with Crippen LogP contribution in [0.3, 0.4) is 0 Å². The van der Waals surface area contributed by atoms with Crippen molar-refractivity contribution in [2.45, 2.75) is 19.3 Å². The number of carbonyl (C=O) groups excluding carboxylic acids is 1. The molecule has 0 atom stereocenters. The zero-order valence-electron chi connectivity index (χ0n) is 16.4. The second-order valence-electron chi connectivity index (χ2n) is 7.66. The SMILES string of the molecule is O=C(N1CCCCC1)N1CCN(c2ccc3nnc(-c4ccccc4)n3n2)CC1. The lowest BCUT2D eigenvalue weighted by Gasteiger charge is -2.38. The molecule has 0 spiro atoms. The number of piperazine rings is 1. The summed E-state index contributed by atoms with van der Waals surface area (Å²) in [6.45, 7) is 4.80. The maximum Gasteiger partial charge on any atom is 0.320 e. The third-order valence-corrected chi connectivity index (χ3v) is 5.78. The number of anilines is 1. The second kappa shape index (κ2) is 7.69. The summed E-state index contributed by atoms with van der Waals surface area (Å²) in [7, 11) is 0. The van der Waals surface area contributed by atoms with Gasteiger partial charge in [-0.1, -0.05) is 30.3 Å². The summed E-state index contributed by atoms with van der Waals surface area (Å²) in [6, 6.07) is 14.1. The molecule has 0 aliphatic carbocycles. The van der Waals surface area contributed by atoms with Gasteiger partial charge in [-0.25, -0.2) is 4.79 Å². The first-order chi connectivity index (χ1) is 14.3. The van der Waals surface area contributed by atoms with Gasteiger partial charge >= 0.3 is 6.03 Å². The molecule has 2 fully saturated rings. The van der Waals surface area contributed by atoms with Crippen LogP contribution in [0.5, 0.6) is 0 Å². The van der Waals surface area contributed by atoms with E-state index in [1.54, 1.807) is 4.52 Å². The third kappa shape index (κ3) is 3.50. The van der Waals surface area contributed by atoms with E-state index in [1.807, 2.05) is 52.3 Å².